The number of fused-ring (bicyclic) bond motifs is 1. The minimum absolute atomic E-state index is 0.0283. The molecular weight excluding hydrogens is 444 g/mol. The Labute approximate surface area is 200 Å². The zero-order valence-corrected chi connectivity index (χ0v) is 18.4. The van der Waals surface area contributed by atoms with Crippen LogP contribution in [-0.2, 0) is 0 Å². The van der Waals surface area contributed by atoms with Crippen molar-refractivity contribution in [3.8, 4) is 11.4 Å². The van der Waals surface area contributed by atoms with Gasteiger partial charge in [0.1, 0.15) is 5.75 Å². The Hall–Kier alpha value is -4.98. The van der Waals surface area contributed by atoms with Crippen molar-refractivity contribution in [1.29, 1.82) is 0 Å². The number of amides is 1. The number of phenolic OH excluding ortho intramolecular Hbond substituents is 1. The monoisotopic (exact) mass is 464 g/mol. The molecule has 35 heavy (non-hydrogen) atoms. The van der Waals surface area contributed by atoms with Gasteiger partial charge < -0.3 is 10.4 Å². The van der Waals surface area contributed by atoms with E-state index in [1.165, 1.54) is 23.0 Å². The summed E-state index contributed by atoms with van der Waals surface area (Å²) in [5.74, 6) is -0.293. The van der Waals surface area contributed by atoms with Gasteiger partial charge >= 0.3 is 0 Å². The van der Waals surface area contributed by atoms with Crippen LogP contribution in [0.15, 0.2) is 103 Å². The van der Waals surface area contributed by atoms with E-state index in [0.717, 1.165) is 16.3 Å². The summed E-state index contributed by atoms with van der Waals surface area (Å²) in [5.41, 5.74) is 2.28. The van der Waals surface area contributed by atoms with Gasteiger partial charge in [-0.15, -0.1) is 0 Å². The number of nitrogens with zero attached hydrogens (tertiary/aromatic N) is 3. The van der Waals surface area contributed by atoms with Gasteiger partial charge in [0, 0.05) is 23.9 Å². The molecule has 8 heteroatoms. The molecule has 1 unspecified atom stereocenters. The third kappa shape index (κ3) is 4.32. The molecule has 0 aliphatic rings. The number of benzene rings is 4. The van der Waals surface area contributed by atoms with E-state index in [4.69, 9.17) is 0 Å². The van der Waals surface area contributed by atoms with Gasteiger partial charge in [-0.2, -0.15) is 5.10 Å². The lowest BCUT2D eigenvalue weighted by molar-refractivity contribution is -0.384. The van der Waals surface area contributed by atoms with E-state index in [9.17, 15) is 20.0 Å². The normalized spacial score (nSPS) is 11.8. The maximum Gasteiger partial charge on any atom is 0.269 e. The Morgan fingerprint density at radius 2 is 1.66 bits per heavy atom. The highest BCUT2D eigenvalue weighted by atomic mass is 16.6. The molecule has 1 aromatic heterocycles. The van der Waals surface area contributed by atoms with Gasteiger partial charge in [0.05, 0.1) is 28.4 Å². The van der Waals surface area contributed by atoms with Crippen LogP contribution in [0.4, 0.5) is 5.69 Å². The van der Waals surface area contributed by atoms with E-state index < -0.39 is 11.0 Å². The second kappa shape index (κ2) is 9.11. The smallest absolute Gasteiger partial charge is 0.269 e. The first kappa shape index (κ1) is 21.8. The van der Waals surface area contributed by atoms with Crippen LogP contribution in [0.5, 0.6) is 5.75 Å². The van der Waals surface area contributed by atoms with Crippen molar-refractivity contribution < 1.29 is 14.8 Å². The van der Waals surface area contributed by atoms with E-state index in [2.05, 4.69) is 10.4 Å². The van der Waals surface area contributed by atoms with E-state index in [1.54, 1.807) is 24.4 Å². The number of hydrogen-bond acceptors (Lipinski definition) is 5. The van der Waals surface area contributed by atoms with Crippen LogP contribution in [0.3, 0.4) is 0 Å². The third-order valence-electron chi connectivity index (χ3n) is 5.81. The van der Waals surface area contributed by atoms with Crippen molar-refractivity contribution in [2.24, 2.45) is 0 Å². The van der Waals surface area contributed by atoms with E-state index in [0.29, 0.717) is 16.8 Å². The number of aromatic hydroxyl groups is 1. The lowest BCUT2D eigenvalue weighted by atomic mass is 9.92. The molecule has 2 N–H and O–H groups in total. The summed E-state index contributed by atoms with van der Waals surface area (Å²) in [7, 11) is 0. The molecule has 0 spiro atoms. The van der Waals surface area contributed by atoms with Crippen molar-refractivity contribution in [1.82, 2.24) is 15.1 Å². The Morgan fingerprint density at radius 3 is 2.40 bits per heavy atom. The minimum Gasteiger partial charge on any atom is -0.508 e. The second-order valence-electron chi connectivity index (χ2n) is 7.98. The minimum atomic E-state index is -0.613. The molecule has 0 saturated heterocycles. The van der Waals surface area contributed by atoms with E-state index in [1.807, 2.05) is 60.7 Å². The number of rotatable bonds is 6. The SMILES string of the molecule is O=C(NC(c1ccccc1)c1c(O)ccc2ccccc12)c1cnn(-c2ccc([N+](=O)[O-])cc2)c1. The first-order chi connectivity index (χ1) is 17.0. The molecule has 0 radical (unpaired) electrons. The summed E-state index contributed by atoms with van der Waals surface area (Å²) in [5, 5.41) is 30.8. The van der Waals surface area contributed by atoms with Gasteiger partial charge in [0.25, 0.3) is 11.6 Å². The molecule has 1 heterocycles. The van der Waals surface area contributed by atoms with Crippen LogP contribution in [-0.4, -0.2) is 25.7 Å². The molecule has 0 aliphatic heterocycles. The fourth-order valence-corrected chi connectivity index (χ4v) is 4.08. The number of nitro groups is 1. The molecule has 0 bridgehead atoms. The van der Waals surface area contributed by atoms with Crippen molar-refractivity contribution >= 4 is 22.4 Å². The number of nitro benzene ring substituents is 1. The standard InChI is InChI=1S/C27H20N4O4/c32-24-15-10-18-6-4-5-9-23(18)25(24)26(19-7-2-1-3-8-19)29-27(33)20-16-28-30(17-20)21-11-13-22(14-12-21)31(34)35/h1-17,26,32H,(H,29,33). The van der Waals surface area contributed by atoms with Crippen molar-refractivity contribution in [2.75, 3.05) is 0 Å². The molecule has 5 rings (SSSR count). The molecule has 5 aromatic rings. The van der Waals surface area contributed by atoms with Crippen LogP contribution in [0.2, 0.25) is 0 Å². The molecule has 8 nitrogen and oxygen atoms in total. The predicted molar refractivity (Wildman–Crippen MR) is 132 cm³/mol. The lowest BCUT2D eigenvalue weighted by Gasteiger charge is -2.22. The molecular formula is C27H20N4O4. The summed E-state index contributed by atoms with van der Waals surface area (Å²) in [6, 6.07) is 25.9. The van der Waals surface area contributed by atoms with Crippen molar-refractivity contribution in [2.45, 2.75) is 6.04 Å². The number of aromatic nitrogens is 2. The molecule has 4 aromatic carbocycles. The molecule has 0 fully saturated rings. The summed E-state index contributed by atoms with van der Waals surface area (Å²) in [6.07, 6.45) is 2.99. The third-order valence-corrected chi connectivity index (χ3v) is 5.81. The van der Waals surface area contributed by atoms with Crippen LogP contribution in [0, 0.1) is 10.1 Å². The van der Waals surface area contributed by atoms with Gasteiger partial charge in [0.15, 0.2) is 0 Å². The van der Waals surface area contributed by atoms with Crippen molar-refractivity contribution in [3.63, 3.8) is 0 Å². The highest BCUT2D eigenvalue weighted by Gasteiger charge is 2.23. The Bertz CT molecular complexity index is 1530. The average Bonchev–Trinajstić information content (AvgIpc) is 3.39. The Kier molecular flexibility index (Phi) is 5.68. The van der Waals surface area contributed by atoms with E-state index >= 15 is 0 Å². The first-order valence-corrected chi connectivity index (χ1v) is 10.9. The summed E-state index contributed by atoms with van der Waals surface area (Å²) >= 11 is 0. The molecule has 1 atom stereocenters. The summed E-state index contributed by atoms with van der Waals surface area (Å²) in [4.78, 5) is 23.7. The molecule has 1 amide bonds. The Balaban J connectivity index is 1.50. The zero-order chi connectivity index (χ0) is 24.4. The number of non-ortho nitro benzene ring substituents is 1. The second-order valence-corrected chi connectivity index (χ2v) is 7.98. The summed E-state index contributed by atoms with van der Waals surface area (Å²) < 4.78 is 1.48. The van der Waals surface area contributed by atoms with Crippen LogP contribution >= 0.6 is 0 Å². The molecule has 0 aliphatic carbocycles. The highest BCUT2D eigenvalue weighted by Crippen LogP contribution is 2.36. The number of carbonyl (C=O) groups excluding carboxylic acids is 1. The van der Waals surface area contributed by atoms with Gasteiger partial charge in [0.2, 0.25) is 0 Å². The first-order valence-electron chi connectivity index (χ1n) is 10.9. The van der Waals surface area contributed by atoms with Gasteiger partial charge in [-0.1, -0.05) is 60.7 Å². The fraction of sp³-hybridized carbons (Fsp3) is 0.0370. The zero-order valence-electron chi connectivity index (χ0n) is 18.4. The maximum atomic E-state index is 13.3. The lowest BCUT2D eigenvalue weighted by Crippen LogP contribution is -2.29. The van der Waals surface area contributed by atoms with Crippen LogP contribution in [0.25, 0.3) is 16.5 Å². The number of hydrogen-bond donors (Lipinski definition) is 2. The van der Waals surface area contributed by atoms with Crippen molar-refractivity contribution in [3.05, 3.63) is 130 Å². The number of phenols is 1. The Morgan fingerprint density at radius 1 is 0.943 bits per heavy atom. The summed E-state index contributed by atoms with van der Waals surface area (Å²) in [6.45, 7) is 0. The fourth-order valence-electron chi connectivity index (χ4n) is 4.08. The number of nitrogens with one attached hydrogen (secondary N) is 1. The van der Waals surface area contributed by atoms with Gasteiger partial charge in [-0.3, -0.25) is 14.9 Å². The van der Waals surface area contributed by atoms with Gasteiger partial charge in [-0.05, 0) is 34.5 Å². The quantitative estimate of drug-likeness (QED) is 0.266. The number of carbonyl (C=O) groups is 1. The largest absolute Gasteiger partial charge is 0.508 e. The molecule has 172 valence electrons. The highest BCUT2D eigenvalue weighted by molar-refractivity contribution is 5.95. The molecule has 0 saturated carbocycles. The maximum absolute atomic E-state index is 13.3. The topological polar surface area (TPSA) is 110 Å². The predicted octanol–water partition coefficient (Wildman–Crippen LogP) is 5.16. The average molecular weight is 464 g/mol. The van der Waals surface area contributed by atoms with E-state index in [-0.39, 0.29) is 17.3 Å². The van der Waals surface area contributed by atoms with Crippen LogP contribution < -0.4 is 5.32 Å². The van der Waals surface area contributed by atoms with Gasteiger partial charge in [-0.25, -0.2) is 4.68 Å². The van der Waals surface area contributed by atoms with Crippen LogP contribution in [0.1, 0.15) is 27.5 Å².